The lowest BCUT2D eigenvalue weighted by Crippen LogP contribution is -2.35. The van der Waals surface area contributed by atoms with Crippen molar-refractivity contribution in [2.45, 2.75) is 6.42 Å². The smallest absolute Gasteiger partial charge is 0.411 e. The van der Waals surface area contributed by atoms with Gasteiger partial charge in [0.25, 0.3) is 0 Å². The van der Waals surface area contributed by atoms with Crippen molar-refractivity contribution in [3.8, 4) is 11.1 Å². The fourth-order valence-electron chi connectivity index (χ4n) is 3.34. The van der Waals surface area contributed by atoms with Crippen LogP contribution in [0.25, 0.3) is 11.1 Å². The number of nitrogens with zero attached hydrogens (tertiary/aromatic N) is 2. The Labute approximate surface area is 157 Å². The van der Waals surface area contributed by atoms with Gasteiger partial charge in [0.15, 0.2) is 0 Å². The first-order chi connectivity index (χ1) is 11.9. The Bertz CT molecular complexity index is 782. The normalized spacial score (nSPS) is 17.6. The molecule has 4 nitrogen and oxygen atoms in total. The van der Waals surface area contributed by atoms with E-state index in [1.807, 2.05) is 18.2 Å². The molecule has 25 heavy (non-hydrogen) atoms. The molecule has 1 saturated heterocycles. The van der Waals surface area contributed by atoms with Crippen LogP contribution < -0.4 is 4.90 Å². The molecule has 1 heterocycles. The molecule has 1 atom stereocenters. The van der Waals surface area contributed by atoms with Gasteiger partial charge in [-0.3, -0.25) is 4.90 Å². The minimum absolute atomic E-state index is 0.323. The minimum atomic E-state index is -0.958. The quantitative estimate of drug-likeness (QED) is 0.804. The summed E-state index contributed by atoms with van der Waals surface area (Å²) in [5.74, 6) is 0.323. The van der Waals surface area contributed by atoms with E-state index >= 15 is 0 Å². The lowest BCUT2D eigenvalue weighted by molar-refractivity contribution is 0.200. The Morgan fingerprint density at radius 2 is 2.00 bits per heavy atom. The fourth-order valence-corrected chi connectivity index (χ4v) is 3.71. The second-order valence-corrected chi connectivity index (χ2v) is 7.35. The van der Waals surface area contributed by atoms with Crippen molar-refractivity contribution in [2.75, 3.05) is 31.6 Å². The molecule has 0 radical (unpaired) electrons. The summed E-state index contributed by atoms with van der Waals surface area (Å²) in [6.07, 6.45) is 0.0422. The molecule has 2 aromatic carbocycles. The number of amides is 1. The summed E-state index contributed by atoms with van der Waals surface area (Å²) in [4.78, 5) is 15.6. The predicted molar refractivity (Wildman–Crippen MR) is 103 cm³/mol. The van der Waals surface area contributed by atoms with E-state index in [1.165, 1.54) is 4.90 Å². The largest absolute Gasteiger partial charge is 0.465 e. The zero-order chi connectivity index (χ0) is 18.0. The average Bonchev–Trinajstić information content (AvgIpc) is 2.98. The highest BCUT2D eigenvalue weighted by atomic mass is 35.5. The molecule has 1 amide bonds. The second-order valence-electron chi connectivity index (χ2n) is 6.48. The SMILES string of the molecule is CN1CC[C@@H](CN(C(=O)O)c2ccc(Cl)cc2-c2cccc(Cl)c2)C1. The highest BCUT2D eigenvalue weighted by Gasteiger charge is 2.26. The molecule has 0 aromatic heterocycles. The Kier molecular flexibility index (Phi) is 5.52. The van der Waals surface area contributed by atoms with Crippen molar-refractivity contribution in [2.24, 2.45) is 5.92 Å². The van der Waals surface area contributed by atoms with Gasteiger partial charge in [-0.05, 0) is 61.8 Å². The number of likely N-dealkylation sites (tertiary alicyclic amines) is 1. The third kappa shape index (κ3) is 4.27. The lowest BCUT2D eigenvalue weighted by atomic mass is 10.0. The number of carbonyl (C=O) groups is 1. The Balaban J connectivity index is 2.00. The molecule has 0 aliphatic carbocycles. The van der Waals surface area contributed by atoms with Crippen LogP contribution in [0.4, 0.5) is 10.5 Å². The molecule has 1 aliphatic rings. The van der Waals surface area contributed by atoms with E-state index in [2.05, 4.69) is 11.9 Å². The highest BCUT2D eigenvalue weighted by Crippen LogP contribution is 2.35. The van der Waals surface area contributed by atoms with E-state index in [0.29, 0.717) is 28.2 Å². The Morgan fingerprint density at radius 3 is 2.64 bits per heavy atom. The number of hydrogen-bond acceptors (Lipinski definition) is 2. The van der Waals surface area contributed by atoms with Crippen LogP contribution in [-0.2, 0) is 0 Å². The standard InChI is InChI=1S/C19H20Cl2N2O2/c1-22-8-7-13(11-22)12-23(19(24)25)18-6-5-16(21)10-17(18)14-3-2-4-15(20)9-14/h2-6,9-10,13H,7-8,11-12H2,1H3,(H,24,25)/t13-/m1/s1. The van der Waals surface area contributed by atoms with E-state index in [1.54, 1.807) is 24.3 Å². The van der Waals surface area contributed by atoms with Crippen LogP contribution in [0.1, 0.15) is 6.42 Å². The number of anilines is 1. The van der Waals surface area contributed by atoms with Gasteiger partial charge in [0.2, 0.25) is 0 Å². The summed E-state index contributed by atoms with van der Waals surface area (Å²) in [7, 11) is 2.06. The minimum Gasteiger partial charge on any atom is -0.465 e. The van der Waals surface area contributed by atoms with Crippen LogP contribution in [0, 0.1) is 5.92 Å². The number of rotatable bonds is 4. The van der Waals surface area contributed by atoms with Crippen LogP contribution in [-0.4, -0.2) is 42.8 Å². The topological polar surface area (TPSA) is 43.8 Å². The molecule has 132 valence electrons. The van der Waals surface area contributed by atoms with E-state index in [9.17, 15) is 9.90 Å². The van der Waals surface area contributed by atoms with Gasteiger partial charge < -0.3 is 10.0 Å². The summed E-state index contributed by atoms with van der Waals surface area (Å²) in [5, 5.41) is 11.0. The summed E-state index contributed by atoms with van der Waals surface area (Å²) >= 11 is 12.3. The van der Waals surface area contributed by atoms with Crippen molar-refractivity contribution < 1.29 is 9.90 Å². The fraction of sp³-hybridized carbons (Fsp3) is 0.316. The maximum absolute atomic E-state index is 12.0. The van der Waals surface area contributed by atoms with Gasteiger partial charge in [0.05, 0.1) is 5.69 Å². The number of hydrogen-bond donors (Lipinski definition) is 1. The maximum atomic E-state index is 12.0. The van der Waals surface area contributed by atoms with Gasteiger partial charge in [-0.25, -0.2) is 4.79 Å². The van der Waals surface area contributed by atoms with Crippen molar-refractivity contribution in [1.29, 1.82) is 0 Å². The monoisotopic (exact) mass is 378 g/mol. The van der Waals surface area contributed by atoms with Gasteiger partial charge >= 0.3 is 6.09 Å². The Morgan fingerprint density at radius 1 is 1.24 bits per heavy atom. The highest BCUT2D eigenvalue weighted by molar-refractivity contribution is 6.31. The first kappa shape index (κ1) is 18.1. The molecule has 0 spiro atoms. The average molecular weight is 379 g/mol. The number of halogens is 2. The van der Waals surface area contributed by atoms with Gasteiger partial charge in [-0.2, -0.15) is 0 Å². The number of benzene rings is 2. The van der Waals surface area contributed by atoms with Crippen molar-refractivity contribution >= 4 is 35.0 Å². The van der Waals surface area contributed by atoms with Crippen LogP contribution in [0.2, 0.25) is 10.0 Å². The van der Waals surface area contributed by atoms with E-state index in [-0.39, 0.29) is 0 Å². The third-order valence-corrected chi connectivity index (χ3v) is 5.02. The molecule has 1 aliphatic heterocycles. The van der Waals surface area contributed by atoms with Gasteiger partial charge in [0.1, 0.15) is 0 Å². The molecule has 1 N–H and O–H groups in total. The van der Waals surface area contributed by atoms with Crippen molar-refractivity contribution in [3.63, 3.8) is 0 Å². The van der Waals surface area contributed by atoms with E-state index < -0.39 is 6.09 Å². The molecule has 2 aromatic rings. The second kappa shape index (κ2) is 7.65. The first-order valence-electron chi connectivity index (χ1n) is 8.18. The van der Waals surface area contributed by atoms with Gasteiger partial charge in [-0.15, -0.1) is 0 Å². The molecule has 6 heteroatoms. The first-order valence-corrected chi connectivity index (χ1v) is 8.94. The molecular formula is C19H20Cl2N2O2. The molecule has 1 fully saturated rings. The van der Waals surface area contributed by atoms with Gasteiger partial charge in [-0.1, -0.05) is 35.3 Å². The third-order valence-electron chi connectivity index (χ3n) is 4.55. The van der Waals surface area contributed by atoms with Crippen LogP contribution in [0.3, 0.4) is 0 Å². The summed E-state index contributed by atoms with van der Waals surface area (Å²) in [5.41, 5.74) is 2.25. The van der Waals surface area contributed by atoms with Crippen LogP contribution in [0.15, 0.2) is 42.5 Å². The maximum Gasteiger partial charge on any atom is 0.411 e. The summed E-state index contributed by atoms with van der Waals surface area (Å²) in [6.45, 7) is 2.37. The number of carboxylic acid groups (broad SMARTS) is 1. The molecular weight excluding hydrogens is 359 g/mol. The Hall–Kier alpha value is -1.75. The predicted octanol–water partition coefficient (Wildman–Crippen LogP) is 5.10. The van der Waals surface area contributed by atoms with E-state index in [4.69, 9.17) is 23.2 Å². The summed E-state index contributed by atoms with van der Waals surface area (Å²) in [6, 6.07) is 12.6. The lowest BCUT2D eigenvalue weighted by Gasteiger charge is -2.25. The molecule has 3 rings (SSSR count). The van der Waals surface area contributed by atoms with Crippen molar-refractivity contribution in [3.05, 3.63) is 52.5 Å². The van der Waals surface area contributed by atoms with E-state index in [0.717, 1.165) is 30.6 Å². The summed E-state index contributed by atoms with van der Waals surface area (Å²) < 4.78 is 0. The van der Waals surface area contributed by atoms with Crippen molar-refractivity contribution in [1.82, 2.24) is 4.90 Å². The van der Waals surface area contributed by atoms with Crippen LogP contribution >= 0.6 is 23.2 Å². The molecule has 0 unspecified atom stereocenters. The molecule has 0 bridgehead atoms. The zero-order valence-corrected chi connectivity index (χ0v) is 15.5. The zero-order valence-electron chi connectivity index (χ0n) is 14.0. The van der Waals surface area contributed by atoms with Gasteiger partial charge in [0, 0.05) is 28.7 Å². The van der Waals surface area contributed by atoms with Crippen LogP contribution in [0.5, 0.6) is 0 Å². The molecule has 0 saturated carbocycles.